The Labute approximate surface area is 192 Å². The third kappa shape index (κ3) is 3.76. The Hall–Kier alpha value is -2.67. The van der Waals surface area contributed by atoms with Crippen molar-refractivity contribution in [1.82, 2.24) is 0 Å². The van der Waals surface area contributed by atoms with E-state index in [1.165, 1.54) is 19.2 Å². The summed E-state index contributed by atoms with van der Waals surface area (Å²) in [4.78, 5) is 5.55. The van der Waals surface area contributed by atoms with Crippen LogP contribution in [0.4, 0.5) is 8.78 Å². The summed E-state index contributed by atoms with van der Waals surface area (Å²) in [5.41, 5.74) is 2.84. The lowest BCUT2D eigenvalue weighted by molar-refractivity contribution is -0.0180. The first-order valence-electron chi connectivity index (χ1n) is 11.5. The predicted octanol–water partition coefficient (Wildman–Crippen LogP) is 5.27. The summed E-state index contributed by atoms with van der Waals surface area (Å²) in [5, 5.41) is 25.5. The van der Waals surface area contributed by atoms with Crippen molar-refractivity contribution >= 4 is 5.71 Å². The number of rotatable bonds is 4. The van der Waals surface area contributed by atoms with Crippen LogP contribution < -0.4 is 4.74 Å². The maximum Gasteiger partial charge on any atom is 0.160 e. The molecule has 0 heterocycles. The highest BCUT2D eigenvalue weighted by Crippen LogP contribution is 2.61. The van der Waals surface area contributed by atoms with E-state index in [9.17, 15) is 19.0 Å². The molecule has 0 amide bonds. The second-order valence-corrected chi connectivity index (χ2v) is 9.92. The van der Waals surface area contributed by atoms with Gasteiger partial charge in [-0.1, -0.05) is 12.1 Å². The van der Waals surface area contributed by atoms with Gasteiger partial charge in [-0.15, -0.1) is 0 Å². The molecule has 5 atom stereocenters. The quantitative estimate of drug-likeness (QED) is 0.614. The van der Waals surface area contributed by atoms with Gasteiger partial charge in [0, 0.05) is 11.6 Å². The lowest BCUT2D eigenvalue weighted by Crippen LogP contribution is -2.45. The number of phenols is 1. The second kappa shape index (κ2) is 8.28. The largest absolute Gasteiger partial charge is 0.504 e. The molecule has 5 rings (SSSR count). The minimum atomic E-state index is -0.662. The second-order valence-electron chi connectivity index (χ2n) is 9.92. The van der Waals surface area contributed by atoms with Gasteiger partial charge in [0.2, 0.25) is 0 Å². The molecule has 2 N–H and O–H groups in total. The fourth-order valence-electron chi connectivity index (χ4n) is 6.53. The predicted molar refractivity (Wildman–Crippen MR) is 119 cm³/mol. The maximum absolute atomic E-state index is 13.5. The lowest BCUT2D eigenvalue weighted by atomic mass is 9.55. The number of benzene rings is 2. The van der Waals surface area contributed by atoms with Crippen LogP contribution in [0.5, 0.6) is 11.5 Å². The summed E-state index contributed by atoms with van der Waals surface area (Å²) in [7, 11) is 1.53. The van der Waals surface area contributed by atoms with Crippen molar-refractivity contribution in [2.75, 3.05) is 7.11 Å². The molecule has 2 saturated carbocycles. The van der Waals surface area contributed by atoms with E-state index in [4.69, 9.17) is 9.57 Å². The van der Waals surface area contributed by atoms with Gasteiger partial charge in [0.05, 0.1) is 18.9 Å². The molecule has 7 heteroatoms. The number of hydrogen-bond donors (Lipinski definition) is 2. The highest BCUT2D eigenvalue weighted by atomic mass is 19.1. The van der Waals surface area contributed by atoms with E-state index in [-0.39, 0.29) is 35.7 Å². The average molecular weight is 458 g/mol. The summed E-state index contributed by atoms with van der Waals surface area (Å²) in [6, 6.07) is 6.83. The summed E-state index contributed by atoms with van der Waals surface area (Å²) in [6.45, 7) is 2.13. The van der Waals surface area contributed by atoms with Gasteiger partial charge >= 0.3 is 0 Å². The number of nitrogens with zero attached hydrogens (tertiary/aromatic N) is 1. The minimum Gasteiger partial charge on any atom is -0.504 e. The van der Waals surface area contributed by atoms with E-state index in [1.807, 2.05) is 6.07 Å². The first-order chi connectivity index (χ1) is 15.8. The monoisotopic (exact) mass is 457 g/mol. The third-order valence-electron chi connectivity index (χ3n) is 8.21. The summed E-state index contributed by atoms with van der Waals surface area (Å²) in [5.74, 6) is 0.0690. The number of hydrogen-bond acceptors (Lipinski definition) is 5. The number of oxime groups is 1. The molecule has 2 fully saturated rings. The molecule has 33 heavy (non-hydrogen) atoms. The minimum absolute atomic E-state index is 0.0338. The molecule has 0 spiro atoms. The van der Waals surface area contributed by atoms with Gasteiger partial charge in [-0.3, -0.25) is 0 Å². The van der Waals surface area contributed by atoms with Crippen molar-refractivity contribution in [3.8, 4) is 11.5 Å². The lowest BCUT2D eigenvalue weighted by Gasteiger charge is -2.50. The Balaban J connectivity index is 1.50. The standard InChI is InChI=1S/C26H29F2NO4/c1-26-6-5-17-18-12-24(32-2)23(30)11-20(18)22(10-19(17)21(26)3-4-25(26)31)29-33-13-14-7-15(27)9-16(28)8-14/h7-9,11-12,17,19,21,25,30-31H,3-6,10,13H2,1-2H3/t17-,19-,21+,25?,26+/m1/s1. The smallest absolute Gasteiger partial charge is 0.160 e. The van der Waals surface area contributed by atoms with Gasteiger partial charge in [0.15, 0.2) is 11.5 Å². The van der Waals surface area contributed by atoms with Crippen LogP contribution in [-0.2, 0) is 11.4 Å². The van der Waals surface area contributed by atoms with Crippen LogP contribution >= 0.6 is 0 Å². The Kier molecular flexibility index (Phi) is 5.55. The number of fused-ring (bicyclic) bond motifs is 5. The molecular formula is C26H29F2NO4. The third-order valence-corrected chi connectivity index (χ3v) is 8.21. The van der Waals surface area contributed by atoms with Crippen molar-refractivity contribution < 1.29 is 28.6 Å². The number of aromatic hydroxyl groups is 1. The molecule has 0 aliphatic heterocycles. The Bertz CT molecular complexity index is 1080. The number of methoxy groups -OCH3 is 1. The van der Waals surface area contributed by atoms with E-state index < -0.39 is 11.6 Å². The zero-order valence-electron chi connectivity index (χ0n) is 18.9. The number of aliphatic hydroxyl groups is 1. The van der Waals surface area contributed by atoms with Crippen LogP contribution in [0.2, 0.25) is 0 Å². The molecule has 1 unspecified atom stereocenters. The molecule has 176 valence electrons. The number of halogens is 2. The molecule has 0 aromatic heterocycles. The SMILES string of the molecule is COc1cc2c(cc1O)C(=NOCc1cc(F)cc(F)c1)C[C@@H]1[C@@H]2CC[C@]2(C)C(O)CC[C@@H]12. The molecule has 3 aliphatic carbocycles. The number of aliphatic hydroxyl groups excluding tert-OH is 1. The molecule has 2 aromatic rings. The number of ether oxygens (including phenoxy) is 1. The molecule has 5 nitrogen and oxygen atoms in total. The van der Waals surface area contributed by atoms with Crippen LogP contribution in [0.15, 0.2) is 35.5 Å². The summed E-state index contributed by atoms with van der Waals surface area (Å²) >= 11 is 0. The first kappa shape index (κ1) is 22.1. The van der Waals surface area contributed by atoms with Crippen LogP contribution in [0, 0.1) is 28.9 Å². The molecule has 0 bridgehead atoms. The maximum atomic E-state index is 13.5. The zero-order chi connectivity index (χ0) is 23.3. The molecule has 0 saturated heterocycles. The highest BCUT2D eigenvalue weighted by molar-refractivity contribution is 6.03. The van der Waals surface area contributed by atoms with Crippen molar-refractivity contribution in [3.05, 3.63) is 58.7 Å². The molecule has 2 aromatic carbocycles. The normalized spacial score (nSPS) is 31.6. The number of phenolic OH excluding ortho intramolecular Hbond substituents is 1. The Morgan fingerprint density at radius 1 is 1.09 bits per heavy atom. The van der Waals surface area contributed by atoms with Crippen molar-refractivity contribution in [3.63, 3.8) is 0 Å². The molecular weight excluding hydrogens is 428 g/mol. The van der Waals surface area contributed by atoms with E-state index in [2.05, 4.69) is 12.1 Å². The Morgan fingerprint density at radius 3 is 2.58 bits per heavy atom. The fraction of sp³-hybridized carbons (Fsp3) is 0.500. The van der Waals surface area contributed by atoms with E-state index in [1.54, 1.807) is 6.07 Å². The van der Waals surface area contributed by atoms with E-state index in [0.717, 1.165) is 42.9 Å². The highest BCUT2D eigenvalue weighted by Gasteiger charge is 2.55. The molecule has 3 aliphatic rings. The van der Waals surface area contributed by atoms with Gasteiger partial charge < -0.3 is 19.8 Å². The van der Waals surface area contributed by atoms with Gasteiger partial charge in [-0.2, -0.15) is 0 Å². The topological polar surface area (TPSA) is 71.3 Å². The van der Waals surface area contributed by atoms with Crippen LogP contribution in [0.1, 0.15) is 61.6 Å². The molecule has 0 radical (unpaired) electrons. The zero-order valence-corrected chi connectivity index (χ0v) is 18.9. The van der Waals surface area contributed by atoms with Gasteiger partial charge in [0.25, 0.3) is 0 Å². The van der Waals surface area contributed by atoms with Crippen molar-refractivity contribution in [2.45, 2.75) is 57.7 Å². The van der Waals surface area contributed by atoms with Gasteiger partial charge in [-0.05, 0) is 90.7 Å². The summed E-state index contributed by atoms with van der Waals surface area (Å²) < 4.78 is 32.4. The van der Waals surface area contributed by atoms with Gasteiger partial charge in [-0.25, -0.2) is 8.78 Å². The van der Waals surface area contributed by atoms with Crippen LogP contribution in [0.25, 0.3) is 0 Å². The van der Waals surface area contributed by atoms with Crippen molar-refractivity contribution in [1.29, 1.82) is 0 Å². The van der Waals surface area contributed by atoms with Gasteiger partial charge in [0.1, 0.15) is 18.2 Å². The fourth-order valence-corrected chi connectivity index (χ4v) is 6.53. The van der Waals surface area contributed by atoms with Crippen LogP contribution in [0.3, 0.4) is 0 Å². The first-order valence-corrected chi connectivity index (χ1v) is 11.5. The van der Waals surface area contributed by atoms with E-state index in [0.29, 0.717) is 29.4 Å². The average Bonchev–Trinajstić information content (AvgIpc) is 3.07. The van der Waals surface area contributed by atoms with E-state index >= 15 is 0 Å². The summed E-state index contributed by atoms with van der Waals surface area (Å²) in [6.07, 6.45) is 4.06. The Morgan fingerprint density at radius 2 is 1.85 bits per heavy atom. The van der Waals surface area contributed by atoms with Crippen molar-refractivity contribution in [2.24, 2.45) is 22.4 Å². The van der Waals surface area contributed by atoms with Crippen LogP contribution in [-0.4, -0.2) is 29.1 Å².